The minimum absolute atomic E-state index is 0.272. The highest BCUT2D eigenvalue weighted by Crippen LogP contribution is 2.28. The molecule has 2 fully saturated rings. The van der Waals surface area contributed by atoms with Crippen LogP contribution in [-0.2, 0) is 4.74 Å². The van der Waals surface area contributed by atoms with Crippen LogP contribution in [0.15, 0.2) is 0 Å². The van der Waals surface area contributed by atoms with Crippen molar-refractivity contribution in [2.24, 2.45) is 0 Å². The predicted octanol–water partition coefficient (Wildman–Crippen LogP) is 3.31. The van der Waals surface area contributed by atoms with Crippen molar-refractivity contribution in [1.29, 1.82) is 0 Å². The first-order valence-electron chi connectivity index (χ1n) is 8.20. The molecule has 0 spiro atoms. The van der Waals surface area contributed by atoms with Crippen LogP contribution in [0.1, 0.15) is 59.8 Å². The molecular weight excluding hydrogens is 284 g/mol. The number of amides is 1. The first-order valence-corrected chi connectivity index (χ1v) is 9.25. The van der Waals surface area contributed by atoms with Crippen LogP contribution in [0.2, 0.25) is 0 Å². The lowest BCUT2D eigenvalue weighted by molar-refractivity contribution is 0.0489. The highest BCUT2D eigenvalue weighted by Gasteiger charge is 2.29. The van der Waals surface area contributed by atoms with E-state index < -0.39 is 5.60 Å². The Balaban J connectivity index is 1.67. The minimum atomic E-state index is -0.418. The Bertz CT molecular complexity index is 349. The number of ether oxygens (including phenoxy) is 1. The smallest absolute Gasteiger partial charge is 0.407 e. The molecule has 0 aromatic heterocycles. The van der Waals surface area contributed by atoms with Gasteiger partial charge in [0.2, 0.25) is 0 Å². The van der Waals surface area contributed by atoms with Crippen molar-refractivity contribution in [3.05, 3.63) is 0 Å². The van der Waals surface area contributed by atoms with E-state index in [9.17, 15) is 4.79 Å². The summed E-state index contributed by atoms with van der Waals surface area (Å²) in [6.45, 7) is 8.02. The summed E-state index contributed by atoms with van der Waals surface area (Å²) in [5.74, 6) is 1.29. The summed E-state index contributed by atoms with van der Waals surface area (Å²) < 4.78 is 5.32. The molecule has 2 atom stereocenters. The number of rotatable bonds is 3. The normalized spacial score (nSPS) is 33.7. The molecule has 1 aliphatic carbocycles. The van der Waals surface area contributed by atoms with Gasteiger partial charge in [0.25, 0.3) is 0 Å². The zero-order valence-corrected chi connectivity index (χ0v) is 14.6. The Morgan fingerprint density at radius 2 is 1.71 bits per heavy atom. The lowest BCUT2D eigenvalue weighted by Gasteiger charge is -2.32. The van der Waals surface area contributed by atoms with E-state index in [1.54, 1.807) is 0 Å². The van der Waals surface area contributed by atoms with Crippen molar-refractivity contribution < 1.29 is 9.53 Å². The second kappa shape index (κ2) is 7.23. The molecule has 2 rings (SSSR count). The number of carbonyl (C=O) groups excluding carboxylic acids is 1. The summed E-state index contributed by atoms with van der Waals surface area (Å²) in [5.41, 5.74) is -0.418. The molecule has 1 saturated carbocycles. The van der Waals surface area contributed by atoms with Gasteiger partial charge in [-0.2, -0.15) is 11.8 Å². The SMILES string of the molecule is CC1SCCC1NC1CCC(NC(=O)OC(C)(C)C)CC1. The molecule has 1 amide bonds. The van der Waals surface area contributed by atoms with E-state index in [-0.39, 0.29) is 12.1 Å². The number of thioether (sulfide) groups is 1. The Kier molecular flexibility index (Phi) is 5.83. The van der Waals surface area contributed by atoms with Crippen LogP contribution in [0.25, 0.3) is 0 Å². The fourth-order valence-corrected chi connectivity index (χ4v) is 4.34. The highest BCUT2D eigenvalue weighted by atomic mass is 32.2. The van der Waals surface area contributed by atoms with Gasteiger partial charge in [-0.25, -0.2) is 4.79 Å². The maximum absolute atomic E-state index is 11.8. The Morgan fingerprint density at radius 3 is 2.24 bits per heavy atom. The van der Waals surface area contributed by atoms with Gasteiger partial charge in [-0.05, 0) is 58.6 Å². The van der Waals surface area contributed by atoms with Gasteiger partial charge < -0.3 is 15.4 Å². The average Bonchev–Trinajstić information content (AvgIpc) is 2.75. The van der Waals surface area contributed by atoms with E-state index in [1.165, 1.54) is 12.2 Å². The lowest BCUT2D eigenvalue weighted by Crippen LogP contribution is -2.47. The van der Waals surface area contributed by atoms with Crippen LogP contribution in [0.4, 0.5) is 4.79 Å². The van der Waals surface area contributed by atoms with Gasteiger partial charge in [-0.15, -0.1) is 0 Å². The lowest BCUT2D eigenvalue weighted by atomic mass is 9.90. The van der Waals surface area contributed by atoms with E-state index in [4.69, 9.17) is 4.74 Å². The Labute approximate surface area is 133 Å². The number of hydrogen-bond donors (Lipinski definition) is 2. The molecule has 2 unspecified atom stereocenters. The number of alkyl carbamates (subject to hydrolysis) is 1. The monoisotopic (exact) mass is 314 g/mol. The molecule has 4 nitrogen and oxygen atoms in total. The summed E-state index contributed by atoms with van der Waals surface area (Å²) in [6, 6.07) is 1.57. The van der Waals surface area contributed by atoms with Gasteiger partial charge in [0, 0.05) is 23.4 Å². The second-order valence-corrected chi connectivity index (χ2v) is 8.82. The zero-order valence-electron chi connectivity index (χ0n) is 13.8. The largest absolute Gasteiger partial charge is 0.444 e. The molecule has 0 aromatic carbocycles. The molecule has 1 heterocycles. The van der Waals surface area contributed by atoms with Crippen molar-refractivity contribution >= 4 is 17.9 Å². The van der Waals surface area contributed by atoms with E-state index in [0.717, 1.165) is 30.9 Å². The average molecular weight is 314 g/mol. The maximum Gasteiger partial charge on any atom is 0.407 e. The molecule has 21 heavy (non-hydrogen) atoms. The fraction of sp³-hybridized carbons (Fsp3) is 0.938. The van der Waals surface area contributed by atoms with E-state index in [2.05, 4.69) is 29.3 Å². The third kappa shape index (κ3) is 5.70. The quantitative estimate of drug-likeness (QED) is 0.839. The topological polar surface area (TPSA) is 50.4 Å². The van der Waals surface area contributed by atoms with E-state index in [1.807, 2.05) is 20.8 Å². The van der Waals surface area contributed by atoms with Gasteiger partial charge >= 0.3 is 6.09 Å². The third-order valence-electron chi connectivity index (χ3n) is 4.27. The van der Waals surface area contributed by atoms with E-state index >= 15 is 0 Å². The van der Waals surface area contributed by atoms with Crippen molar-refractivity contribution in [3.63, 3.8) is 0 Å². The van der Waals surface area contributed by atoms with Crippen LogP contribution >= 0.6 is 11.8 Å². The molecule has 1 aliphatic heterocycles. The molecule has 0 aromatic rings. The molecule has 2 N–H and O–H groups in total. The molecular formula is C16H30N2O2S. The number of nitrogens with one attached hydrogen (secondary N) is 2. The van der Waals surface area contributed by atoms with Crippen LogP contribution in [0, 0.1) is 0 Å². The number of hydrogen-bond acceptors (Lipinski definition) is 4. The number of carbonyl (C=O) groups is 1. The Hall–Kier alpha value is -0.420. The van der Waals surface area contributed by atoms with Crippen molar-refractivity contribution in [2.45, 2.75) is 88.8 Å². The van der Waals surface area contributed by atoms with Gasteiger partial charge in [0.15, 0.2) is 0 Å². The molecule has 0 radical (unpaired) electrons. The van der Waals surface area contributed by atoms with Gasteiger partial charge in [0.1, 0.15) is 5.60 Å². The standard InChI is InChI=1S/C16H30N2O2S/c1-11-14(9-10-21-11)17-12-5-7-13(8-6-12)18-15(19)20-16(2,3)4/h11-14,17H,5-10H2,1-4H3,(H,18,19). The summed E-state index contributed by atoms with van der Waals surface area (Å²) in [4.78, 5) is 11.8. The van der Waals surface area contributed by atoms with Crippen LogP contribution in [0.5, 0.6) is 0 Å². The van der Waals surface area contributed by atoms with E-state index in [0.29, 0.717) is 12.1 Å². The molecule has 5 heteroatoms. The van der Waals surface area contributed by atoms with Crippen molar-refractivity contribution in [2.75, 3.05) is 5.75 Å². The van der Waals surface area contributed by atoms with Crippen LogP contribution in [0.3, 0.4) is 0 Å². The first-order chi connectivity index (χ1) is 9.83. The first kappa shape index (κ1) is 16.9. The summed E-state index contributed by atoms with van der Waals surface area (Å²) in [6.07, 6.45) is 5.40. The van der Waals surface area contributed by atoms with Crippen LogP contribution in [-0.4, -0.2) is 40.8 Å². The summed E-state index contributed by atoms with van der Waals surface area (Å²) in [7, 11) is 0. The molecule has 2 aliphatic rings. The predicted molar refractivity (Wildman–Crippen MR) is 88.9 cm³/mol. The van der Waals surface area contributed by atoms with Crippen molar-refractivity contribution in [3.8, 4) is 0 Å². The Morgan fingerprint density at radius 1 is 1.10 bits per heavy atom. The molecule has 0 bridgehead atoms. The van der Waals surface area contributed by atoms with Gasteiger partial charge in [-0.3, -0.25) is 0 Å². The van der Waals surface area contributed by atoms with Crippen LogP contribution < -0.4 is 10.6 Å². The van der Waals surface area contributed by atoms with Gasteiger partial charge in [0.05, 0.1) is 0 Å². The second-order valence-electron chi connectivity index (χ2n) is 7.33. The fourth-order valence-electron chi connectivity index (χ4n) is 3.13. The van der Waals surface area contributed by atoms with Crippen molar-refractivity contribution in [1.82, 2.24) is 10.6 Å². The highest BCUT2D eigenvalue weighted by molar-refractivity contribution is 8.00. The third-order valence-corrected chi connectivity index (χ3v) is 5.60. The summed E-state index contributed by atoms with van der Waals surface area (Å²) >= 11 is 2.07. The molecule has 1 saturated heterocycles. The minimum Gasteiger partial charge on any atom is -0.444 e. The maximum atomic E-state index is 11.8. The molecule has 122 valence electrons. The van der Waals surface area contributed by atoms with Gasteiger partial charge in [-0.1, -0.05) is 6.92 Å². The zero-order chi connectivity index (χ0) is 15.5. The summed E-state index contributed by atoms with van der Waals surface area (Å²) in [5, 5.41) is 7.56.